The van der Waals surface area contributed by atoms with Crippen molar-refractivity contribution in [2.75, 3.05) is 5.75 Å². The van der Waals surface area contributed by atoms with Crippen LogP contribution in [0, 0.1) is 0 Å². The highest BCUT2D eigenvalue weighted by Gasteiger charge is 2.19. The van der Waals surface area contributed by atoms with Gasteiger partial charge in [0, 0.05) is 40.4 Å². The van der Waals surface area contributed by atoms with E-state index in [2.05, 4.69) is 23.6 Å². The minimum atomic E-state index is 1.27. The van der Waals surface area contributed by atoms with Crippen molar-refractivity contribution in [3.63, 3.8) is 0 Å². The summed E-state index contributed by atoms with van der Waals surface area (Å²) in [7, 11) is 0. The van der Waals surface area contributed by atoms with Crippen LogP contribution < -0.4 is 0 Å². The van der Waals surface area contributed by atoms with Gasteiger partial charge < -0.3 is 0 Å². The Labute approximate surface area is 120 Å². The van der Waals surface area contributed by atoms with Gasteiger partial charge in [0.25, 0.3) is 0 Å². The summed E-state index contributed by atoms with van der Waals surface area (Å²) in [6.45, 7) is 0. The van der Waals surface area contributed by atoms with Crippen LogP contribution >= 0.6 is 45.8 Å². The fourth-order valence-corrected chi connectivity index (χ4v) is 7.65. The molecule has 1 aromatic carbocycles. The molecule has 3 aromatic heterocycles. The molecule has 0 radical (unpaired) electrons. The summed E-state index contributed by atoms with van der Waals surface area (Å²) >= 11 is 7.85. The van der Waals surface area contributed by atoms with Crippen molar-refractivity contribution >= 4 is 75.3 Å². The van der Waals surface area contributed by atoms with Crippen LogP contribution in [0.1, 0.15) is 4.88 Å². The predicted octanol–water partition coefficient (Wildman–Crippen LogP) is 5.98. The number of benzene rings is 1. The minimum Gasteiger partial charge on any atom is -0.142 e. The van der Waals surface area contributed by atoms with E-state index < -0.39 is 0 Å². The van der Waals surface area contributed by atoms with E-state index in [1.165, 1.54) is 41.7 Å². The minimum absolute atomic E-state index is 1.27. The molecule has 1 aliphatic heterocycles. The van der Waals surface area contributed by atoms with Gasteiger partial charge in [-0.3, -0.25) is 0 Å². The van der Waals surface area contributed by atoms with Gasteiger partial charge in [0.15, 0.2) is 0 Å². The van der Waals surface area contributed by atoms with Crippen molar-refractivity contribution in [3.8, 4) is 0 Å². The van der Waals surface area contributed by atoms with Crippen LogP contribution in [0.3, 0.4) is 0 Å². The van der Waals surface area contributed by atoms with Gasteiger partial charge in [-0.2, -0.15) is 0 Å². The summed E-state index contributed by atoms with van der Waals surface area (Å²) in [6.07, 6.45) is 1.27. The highest BCUT2D eigenvalue weighted by molar-refractivity contribution is 8.00. The van der Waals surface area contributed by atoms with Gasteiger partial charge in [0.2, 0.25) is 0 Å². The zero-order valence-electron chi connectivity index (χ0n) is 9.36. The maximum Gasteiger partial charge on any atom is 0.0529 e. The molecule has 0 spiro atoms. The molecule has 5 rings (SSSR count). The largest absolute Gasteiger partial charge is 0.142 e. The molecular weight excluding hydrogens is 296 g/mol. The quantitative estimate of drug-likeness (QED) is 0.385. The number of hydrogen-bond acceptors (Lipinski definition) is 4. The van der Waals surface area contributed by atoms with Crippen molar-refractivity contribution in [2.24, 2.45) is 0 Å². The lowest BCUT2D eigenvalue weighted by molar-refractivity contribution is 1.21. The average molecular weight is 304 g/mol. The second kappa shape index (κ2) is 3.51. The highest BCUT2D eigenvalue weighted by atomic mass is 32.2. The molecule has 0 saturated heterocycles. The van der Waals surface area contributed by atoms with E-state index in [0.717, 1.165) is 0 Å². The summed E-state index contributed by atoms with van der Waals surface area (Å²) in [5.74, 6) is 1.27. The van der Waals surface area contributed by atoms with Gasteiger partial charge in [-0.25, -0.2) is 0 Å². The van der Waals surface area contributed by atoms with E-state index in [0.29, 0.717) is 0 Å². The summed E-state index contributed by atoms with van der Waals surface area (Å²) in [4.78, 5) is 3.17. The highest BCUT2D eigenvalue weighted by Crippen LogP contribution is 2.47. The number of thiophene rings is 3. The predicted molar refractivity (Wildman–Crippen MR) is 87.0 cm³/mol. The van der Waals surface area contributed by atoms with Crippen LogP contribution in [0.2, 0.25) is 0 Å². The van der Waals surface area contributed by atoms with E-state index in [-0.39, 0.29) is 0 Å². The molecule has 0 atom stereocenters. The zero-order valence-corrected chi connectivity index (χ0v) is 12.6. The van der Waals surface area contributed by atoms with Crippen molar-refractivity contribution in [2.45, 2.75) is 11.3 Å². The molecule has 18 heavy (non-hydrogen) atoms. The number of fused-ring (bicyclic) bond motifs is 6. The molecule has 0 fully saturated rings. The van der Waals surface area contributed by atoms with Gasteiger partial charge in [-0.1, -0.05) is 0 Å². The van der Waals surface area contributed by atoms with Gasteiger partial charge >= 0.3 is 0 Å². The lowest BCUT2D eigenvalue weighted by Gasteiger charge is -1.95. The first-order chi connectivity index (χ1) is 8.90. The van der Waals surface area contributed by atoms with Gasteiger partial charge in [-0.15, -0.1) is 45.8 Å². The van der Waals surface area contributed by atoms with Crippen molar-refractivity contribution < 1.29 is 0 Å². The molecule has 4 heteroatoms. The molecule has 4 heterocycles. The Kier molecular flexibility index (Phi) is 2.00. The second-order valence-corrected chi connectivity index (χ2v) is 8.76. The topological polar surface area (TPSA) is 0 Å². The monoisotopic (exact) mass is 304 g/mol. The van der Waals surface area contributed by atoms with Crippen LogP contribution in [-0.2, 0) is 6.42 Å². The standard InChI is InChI=1S/C14H8S4/c1-3-15-13-7-5-12-8(6-11(7)17-9(1)13)14-10(18-12)2-4-16-14/h1,3,5-6H,2,4H2. The fourth-order valence-electron chi connectivity index (χ4n) is 2.67. The molecule has 1 aliphatic rings. The van der Waals surface area contributed by atoms with E-state index in [9.17, 15) is 0 Å². The van der Waals surface area contributed by atoms with Crippen molar-refractivity contribution in [1.29, 1.82) is 0 Å². The first-order valence-electron chi connectivity index (χ1n) is 5.88. The summed E-state index contributed by atoms with van der Waals surface area (Å²) in [5.41, 5.74) is 0. The average Bonchev–Trinajstić information content (AvgIpc) is 3.04. The Balaban J connectivity index is 2.00. The van der Waals surface area contributed by atoms with Crippen LogP contribution in [0.5, 0.6) is 0 Å². The van der Waals surface area contributed by atoms with Crippen LogP contribution in [0.4, 0.5) is 0 Å². The van der Waals surface area contributed by atoms with E-state index in [4.69, 9.17) is 0 Å². The van der Waals surface area contributed by atoms with Gasteiger partial charge in [-0.05, 0) is 30.0 Å². The molecule has 0 bridgehead atoms. The smallest absolute Gasteiger partial charge is 0.0529 e. The molecule has 0 saturated carbocycles. The lowest BCUT2D eigenvalue weighted by atomic mass is 10.2. The Bertz CT molecular complexity index is 906. The van der Waals surface area contributed by atoms with Crippen LogP contribution in [-0.4, -0.2) is 5.75 Å². The van der Waals surface area contributed by atoms with Gasteiger partial charge in [0.1, 0.15) is 0 Å². The maximum absolute atomic E-state index is 2.43. The Morgan fingerprint density at radius 1 is 0.944 bits per heavy atom. The molecule has 0 amide bonds. The third-order valence-electron chi connectivity index (χ3n) is 3.48. The molecule has 0 nitrogen and oxygen atoms in total. The number of hydrogen-bond donors (Lipinski definition) is 0. The Morgan fingerprint density at radius 3 is 2.83 bits per heavy atom. The molecule has 0 N–H and O–H groups in total. The molecule has 0 aliphatic carbocycles. The Hall–Kier alpha value is -0.550. The van der Waals surface area contributed by atoms with E-state index >= 15 is 0 Å². The third kappa shape index (κ3) is 1.22. The van der Waals surface area contributed by atoms with Gasteiger partial charge in [0.05, 0.1) is 4.70 Å². The molecule has 0 unspecified atom stereocenters. The maximum atomic E-state index is 2.43. The lowest BCUT2D eigenvalue weighted by Crippen LogP contribution is -1.70. The van der Waals surface area contributed by atoms with Crippen LogP contribution in [0.25, 0.3) is 29.6 Å². The zero-order chi connectivity index (χ0) is 11.7. The normalized spacial score (nSPS) is 15.1. The number of rotatable bonds is 0. The second-order valence-electron chi connectivity index (χ2n) is 4.51. The van der Waals surface area contributed by atoms with Crippen molar-refractivity contribution in [1.82, 2.24) is 0 Å². The molecule has 88 valence electrons. The summed E-state index contributed by atoms with van der Waals surface area (Å²) in [6, 6.07) is 7.09. The summed E-state index contributed by atoms with van der Waals surface area (Å²) < 4.78 is 5.85. The SMILES string of the molecule is c1cc2sc3cc4c5c(sc4cc3c2s1)CCS5. The van der Waals surface area contributed by atoms with E-state index in [1.807, 2.05) is 45.8 Å². The number of aryl methyl sites for hydroxylation is 1. The summed E-state index contributed by atoms with van der Waals surface area (Å²) in [5, 5.41) is 5.16. The Morgan fingerprint density at radius 2 is 1.83 bits per heavy atom. The first kappa shape index (κ1) is 10.3. The van der Waals surface area contributed by atoms with E-state index in [1.54, 1.807) is 9.77 Å². The number of thioether (sulfide) groups is 1. The third-order valence-corrected chi connectivity index (χ3v) is 8.18. The molecular formula is C14H8S4. The fraction of sp³-hybridized carbons (Fsp3) is 0.143. The molecule has 4 aromatic rings. The van der Waals surface area contributed by atoms with Crippen molar-refractivity contribution in [3.05, 3.63) is 28.5 Å². The van der Waals surface area contributed by atoms with Crippen LogP contribution in [0.15, 0.2) is 28.5 Å². The first-order valence-corrected chi connectivity index (χ1v) is 9.38.